The standard InChI is InChI=1S/C14H11Cl2NO4S2/c15-7-4-9(16)8(10(18)5-7)6-11-13(21)17(14(22)23-11)3-1-2-12(19)20/h4-6,18H,1-3H2,(H,19,20)/b11-6-. The summed E-state index contributed by atoms with van der Waals surface area (Å²) in [5, 5.41) is 19.0. The number of hydrogen-bond donors (Lipinski definition) is 2. The molecule has 0 aromatic heterocycles. The molecule has 122 valence electrons. The Hall–Kier alpha value is -1.28. The van der Waals surface area contributed by atoms with Crippen molar-refractivity contribution in [2.24, 2.45) is 0 Å². The molecule has 1 heterocycles. The van der Waals surface area contributed by atoms with Crippen molar-refractivity contribution < 1.29 is 19.8 Å². The van der Waals surface area contributed by atoms with Gasteiger partial charge in [-0.05, 0) is 24.6 Å². The van der Waals surface area contributed by atoms with Crippen LogP contribution in [0.25, 0.3) is 6.08 Å². The number of carbonyl (C=O) groups excluding carboxylic acids is 1. The van der Waals surface area contributed by atoms with Crippen LogP contribution >= 0.6 is 47.2 Å². The number of phenolic OH excluding ortho intramolecular Hbond substituents is 1. The predicted octanol–water partition coefficient (Wildman–Crippen LogP) is 3.77. The lowest BCUT2D eigenvalue weighted by Crippen LogP contribution is -2.29. The zero-order valence-corrected chi connectivity index (χ0v) is 14.7. The van der Waals surface area contributed by atoms with Gasteiger partial charge in [-0.3, -0.25) is 14.5 Å². The van der Waals surface area contributed by atoms with E-state index in [9.17, 15) is 14.7 Å². The van der Waals surface area contributed by atoms with E-state index in [1.807, 2.05) is 0 Å². The first-order chi connectivity index (χ1) is 10.8. The first-order valence-electron chi connectivity index (χ1n) is 6.44. The minimum Gasteiger partial charge on any atom is -0.507 e. The average molecular weight is 392 g/mol. The number of nitrogens with zero attached hydrogens (tertiary/aromatic N) is 1. The van der Waals surface area contributed by atoms with E-state index in [0.717, 1.165) is 11.8 Å². The SMILES string of the molecule is O=C(O)CCCN1C(=O)/C(=C/c2c(O)cc(Cl)cc2Cl)SC1=S. The minimum absolute atomic E-state index is 0.0418. The van der Waals surface area contributed by atoms with Crippen molar-refractivity contribution in [2.45, 2.75) is 12.8 Å². The summed E-state index contributed by atoms with van der Waals surface area (Å²) in [7, 11) is 0. The Morgan fingerprint density at radius 1 is 1.39 bits per heavy atom. The van der Waals surface area contributed by atoms with Gasteiger partial charge in [0, 0.05) is 23.6 Å². The number of phenols is 1. The summed E-state index contributed by atoms with van der Waals surface area (Å²) in [6, 6.07) is 2.79. The molecule has 1 aliphatic heterocycles. The number of benzene rings is 1. The third-order valence-electron chi connectivity index (χ3n) is 2.99. The van der Waals surface area contributed by atoms with E-state index in [1.54, 1.807) is 0 Å². The molecule has 0 atom stereocenters. The Bertz CT molecular complexity index is 698. The smallest absolute Gasteiger partial charge is 0.303 e. The molecule has 5 nitrogen and oxygen atoms in total. The first kappa shape index (κ1) is 18.1. The Morgan fingerprint density at radius 3 is 2.70 bits per heavy atom. The second-order valence-corrected chi connectivity index (χ2v) is 7.17. The zero-order valence-electron chi connectivity index (χ0n) is 11.6. The summed E-state index contributed by atoms with van der Waals surface area (Å²) in [6.07, 6.45) is 1.71. The molecule has 2 N–H and O–H groups in total. The van der Waals surface area contributed by atoms with Gasteiger partial charge in [0.05, 0.1) is 9.93 Å². The van der Waals surface area contributed by atoms with E-state index in [4.69, 9.17) is 40.5 Å². The second kappa shape index (κ2) is 7.53. The summed E-state index contributed by atoms with van der Waals surface area (Å²) in [6.45, 7) is 0.231. The van der Waals surface area contributed by atoms with Crippen LogP contribution in [0, 0.1) is 0 Å². The molecule has 1 aromatic carbocycles. The van der Waals surface area contributed by atoms with Crippen LogP contribution in [0.15, 0.2) is 17.0 Å². The summed E-state index contributed by atoms with van der Waals surface area (Å²) < 4.78 is 0.344. The van der Waals surface area contributed by atoms with Gasteiger partial charge < -0.3 is 10.2 Å². The van der Waals surface area contributed by atoms with Crippen molar-refractivity contribution >= 4 is 69.5 Å². The van der Waals surface area contributed by atoms with Gasteiger partial charge in [-0.15, -0.1) is 0 Å². The van der Waals surface area contributed by atoms with Crippen molar-refractivity contribution in [3.63, 3.8) is 0 Å². The van der Waals surface area contributed by atoms with Crippen LogP contribution in [0.5, 0.6) is 5.75 Å². The fourth-order valence-corrected chi connectivity index (χ4v) is 3.75. The van der Waals surface area contributed by atoms with Crippen LogP contribution in [0.4, 0.5) is 0 Å². The molecular weight excluding hydrogens is 381 g/mol. The van der Waals surface area contributed by atoms with E-state index in [-0.39, 0.29) is 40.2 Å². The summed E-state index contributed by atoms with van der Waals surface area (Å²) in [5.74, 6) is -1.40. The monoisotopic (exact) mass is 391 g/mol. The van der Waals surface area contributed by atoms with Crippen molar-refractivity contribution in [3.05, 3.63) is 32.6 Å². The summed E-state index contributed by atoms with van der Waals surface area (Å²) in [5.41, 5.74) is 0.280. The number of carboxylic acid groups (broad SMARTS) is 1. The highest BCUT2D eigenvalue weighted by Crippen LogP contribution is 2.37. The number of thioether (sulfide) groups is 1. The van der Waals surface area contributed by atoms with Crippen molar-refractivity contribution in [1.82, 2.24) is 4.90 Å². The first-order valence-corrected chi connectivity index (χ1v) is 8.43. The van der Waals surface area contributed by atoms with Gasteiger partial charge in [-0.25, -0.2) is 0 Å². The predicted molar refractivity (Wildman–Crippen MR) is 94.9 cm³/mol. The maximum absolute atomic E-state index is 12.3. The molecule has 0 aliphatic carbocycles. The Balaban J connectivity index is 2.20. The molecule has 2 rings (SSSR count). The topological polar surface area (TPSA) is 77.8 Å². The number of aromatic hydroxyl groups is 1. The van der Waals surface area contributed by atoms with Crippen LogP contribution in [0.3, 0.4) is 0 Å². The van der Waals surface area contributed by atoms with Gasteiger partial charge in [0.15, 0.2) is 0 Å². The minimum atomic E-state index is -0.927. The molecule has 0 bridgehead atoms. The lowest BCUT2D eigenvalue weighted by molar-refractivity contribution is -0.137. The van der Waals surface area contributed by atoms with Crippen molar-refractivity contribution in [1.29, 1.82) is 0 Å². The van der Waals surface area contributed by atoms with Gasteiger partial charge in [-0.2, -0.15) is 0 Å². The number of halogens is 2. The molecule has 0 radical (unpaired) electrons. The molecule has 0 unspecified atom stereocenters. The summed E-state index contributed by atoms with van der Waals surface area (Å²) >= 11 is 18.0. The highest BCUT2D eigenvalue weighted by atomic mass is 35.5. The highest BCUT2D eigenvalue weighted by Gasteiger charge is 2.32. The van der Waals surface area contributed by atoms with E-state index in [2.05, 4.69) is 0 Å². The molecule has 1 amide bonds. The van der Waals surface area contributed by atoms with E-state index in [0.29, 0.717) is 15.6 Å². The number of carbonyl (C=O) groups is 2. The molecule has 1 aliphatic rings. The highest BCUT2D eigenvalue weighted by molar-refractivity contribution is 8.26. The lowest BCUT2D eigenvalue weighted by atomic mass is 10.2. The molecule has 9 heteroatoms. The van der Waals surface area contributed by atoms with Crippen LogP contribution in [0.1, 0.15) is 18.4 Å². The Kier molecular flexibility index (Phi) is 5.91. The number of hydrogen-bond acceptors (Lipinski definition) is 5. The van der Waals surface area contributed by atoms with E-state index < -0.39 is 5.97 Å². The fourth-order valence-electron chi connectivity index (χ4n) is 1.93. The van der Waals surface area contributed by atoms with E-state index >= 15 is 0 Å². The van der Waals surface area contributed by atoms with Gasteiger partial charge >= 0.3 is 5.97 Å². The largest absolute Gasteiger partial charge is 0.507 e. The van der Waals surface area contributed by atoms with Crippen LogP contribution in [-0.4, -0.2) is 37.9 Å². The van der Waals surface area contributed by atoms with Crippen molar-refractivity contribution in [2.75, 3.05) is 6.54 Å². The lowest BCUT2D eigenvalue weighted by Gasteiger charge is -2.13. The normalized spacial score (nSPS) is 16.4. The Morgan fingerprint density at radius 2 is 2.09 bits per heavy atom. The van der Waals surface area contributed by atoms with Crippen LogP contribution in [0.2, 0.25) is 10.0 Å². The molecular formula is C14H11Cl2NO4S2. The van der Waals surface area contributed by atoms with Gasteiger partial charge in [0.1, 0.15) is 10.1 Å². The zero-order chi connectivity index (χ0) is 17.1. The third kappa shape index (κ3) is 4.38. The number of rotatable bonds is 5. The number of carboxylic acids is 1. The second-order valence-electron chi connectivity index (χ2n) is 4.65. The molecule has 23 heavy (non-hydrogen) atoms. The quantitative estimate of drug-likeness (QED) is 0.587. The molecule has 0 saturated carbocycles. The van der Waals surface area contributed by atoms with Gasteiger partial charge in [-0.1, -0.05) is 47.2 Å². The maximum atomic E-state index is 12.3. The van der Waals surface area contributed by atoms with E-state index in [1.165, 1.54) is 23.1 Å². The molecule has 0 spiro atoms. The summed E-state index contributed by atoms with van der Waals surface area (Å²) in [4.78, 5) is 24.5. The fraction of sp³-hybridized carbons (Fsp3) is 0.214. The van der Waals surface area contributed by atoms with Crippen molar-refractivity contribution in [3.8, 4) is 5.75 Å². The molecule has 1 saturated heterocycles. The Labute approximate surface area is 151 Å². The van der Waals surface area contributed by atoms with Gasteiger partial charge in [0.25, 0.3) is 5.91 Å². The molecule has 1 aromatic rings. The van der Waals surface area contributed by atoms with Crippen LogP contribution < -0.4 is 0 Å². The average Bonchev–Trinajstić information content (AvgIpc) is 2.69. The number of amides is 1. The molecule has 1 fully saturated rings. The number of aliphatic carboxylic acids is 1. The number of thiocarbonyl (C=S) groups is 1. The maximum Gasteiger partial charge on any atom is 0.303 e. The van der Waals surface area contributed by atoms with Crippen LogP contribution in [-0.2, 0) is 9.59 Å². The van der Waals surface area contributed by atoms with Gasteiger partial charge in [0.2, 0.25) is 0 Å². The third-order valence-corrected chi connectivity index (χ3v) is 4.90.